The zero-order valence-electron chi connectivity index (χ0n) is 13.8. The van der Waals surface area contributed by atoms with Crippen molar-refractivity contribution < 1.29 is 0 Å². The van der Waals surface area contributed by atoms with E-state index in [9.17, 15) is 4.79 Å². The summed E-state index contributed by atoms with van der Waals surface area (Å²) in [5, 5.41) is 4.60. The third-order valence-corrected chi connectivity index (χ3v) is 5.12. The fourth-order valence-corrected chi connectivity index (χ4v) is 3.67. The molecule has 2 aliphatic rings. The molecule has 3 aromatic heterocycles. The summed E-state index contributed by atoms with van der Waals surface area (Å²) in [6.45, 7) is 1.49. The normalized spacial score (nSPS) is 20.5. The van der Waals surface area contributed by atoms with Crippen LogP contribution in [0.4, 0.5) is 5.82 Å². The van der Waals surface area contributed by atoms with Gasteiger partial charge in [0.05, 0.1) is 24.6 Å². The van der Waals surface area contributed by atoms with Gasteiger partial charge in [-0.3, -0.25) is 4.79 Å². The Bertz CT molecular complexity index is 974. The third-order valence-electron chi connectivity index (χ3n) is 5.12. The average Bonchev–Trinajstić information content (AvgIpc) is 3.18. The largest absolute Gasteiger partial charge is 0.350 e. The van der Waals surface area contributed by atoms with Crippen molar-refractivity contribution in [2.45, 2.75) is 44.2 Å². The third kappa shape index (κ3) is 2.57. The van der Waals surface area contributed by atoms with E-state index in [0.717, 1.165) is 36.4 Å². The van der Waals surface area contributed by atoms with Crippen molar-refractivity contribution in [2.75, 3.05) is 11.4 Å². The molecular weight excluding hydrogens is 318 g/mol. The van der Waals surface area contributed by atoms with Crippen LogP contribution in [-0.4, -0.2) is 42.3 Å². The Kier molecular flexibility index (Phi) is 3.29. The maximum absolute atomic E-state index is 12.3. The number of H-pyrrole nitrogens is 1. The van der Waals surface area contributed by atoms with Gasteiger partial charge in [0.25, 0.3) is 5.56 Å². The van der Waals surface area contributed by atoms with Gasteiger partial charge in [0, 0.05) is 18.5 Å². The highest BCUT2D eigenvalue weighted by Crippen LogP contribution is 2.38. The monoisotopic (exact) mass is 337 g/mol. The van der Waals surface area contributed by atoms with Gasteiger partial charge in [-0.05, 0) is 31.7 Å². The fourth-order valence-electron chi connectivity index (χ4n) is 3.67. The number of imidazole rings is 1. The number of hydrogen-bond acceptors (Lipinski definition) is 6. The number of fused-ring (bicyclic) bond motifs is 1. The zero-order valence-corrected chi connectivity index (χ0v) is 13.8. The lowest BCUT2D eigenvalue weighted by molar-refractivity contribution is 0.481. The number of aromatic amines is 1. The minimum Gasteiger partial charge on any atom is -0.350 e. The Labute approximate surface area is 143 Å². The molecule has 2 fully saturated rings. The first-order valence-corrected chi connectivity index (χ1v) is 8.78. The van der Waals surface area contributed by atoms with Gasteiger partial charge >= 0.3 is 0 Å². The summed E-state index contributed by atoms with van der Waals surface area (Å²) in [5.41, 5.74) is 2.52. The standard InChI is InChI=1S/C17H19N7O/c25-14-6-5-13(11-3-4-11)22-24(14)8-12-2-1-7-23(12)17-15-16(19-9-18-15)20-10-21-17/h5-6,9-12H,1-4,7-8H2,(H,18,19,20,21). The van der Waals surface area contributed by atoms with Gasteiger partial charge < -0.3 is 9.88 Å². The van der Waals surface area contributed by atoms with E-state index in [4.69, 9.17) is 0 Å². The Morgan fingerprint density at radius 3 is 2.96 bits per heavy atom. The van der Waals surface area contributed by atoms with Crippen LogP contribution in [0.25, 0.3) is 11.2 Å². The smallest absolute Gasteiger partial charge is 0.266 e. The van der Waals surface area contributed by atoms with E-state index in [1.807, 2.05) is 6.07 Å². The number of anilines is 1. The summed E-state index contributed by atoms with van der Waals surface area (Å²) in [6.07, 6.45) is 7.63. The minimum absolute atomic E-state index is 0.0365. The van der Waals surface area contributed by atoms with Crippen LogP contribution in [0, 0.1) is 0 Å². The van der Waals surface area contributed by atoms with E-state index in [2.05, 4.69) is 29.9 Å². The van der Waals surface area contributed by atoms with Gasteiger partial charge in [0.2, 0.25) is 0 Å². The molecule has 5 rings (SSSR count). The van der Waals surface area contributed by atoms with Crippen LogP contribution in [0.15, 0.2) is 29.6 Å². The molecule has 0 aromatic carbocycles. The zero-order chi connectivity index (χ0) is 16.8. The highest BCUT2D eigenvalue weighted by Gasteiger charge is 2.30. The predicted octanol–water partition coefficient (Wildman–Crippen LogP) is 1.46. The Morgan fingerprint density at radius 2 is 2.08 bits per heavy atom. The molecule has 3 aromatic rings. The van der Waals surface area contributed by atoms with Gasteiger partial charge in [0.15, 0.2) is 11.5 Å². The molecule has 8 nitrogen and oxygen atoms in total. The molecule has 1 unspecified atom stereocenters. The van der Waals surface area contributed by atoms with E-state index in [1.54, 1.807) is 23.4 Å². The Balaban J connectivity index is 1.47. The lowest BCUT2D eigenvalue weighted by atomic mass is 10.2. The van der Waals surface area contributed by atoms with Crippen molar-refractivity contribution in [3.8, 4) is 0 Å². The molecule has 1 N–H and O–H groups in total. The van der Waals surface area contributed by atoms with Crippen LogP contribution in [0.2, 0.25) is 0 Å². The molecule has 1 atom stereocenters. The molecule has 0 bridgehead atoms. The van der Waals surface area contributed by atoms with Gasteiger partial charge in [-0.2, -0.15) is 5.10 Å². The highest BCUT2D eigenvalue weighted by molar-refractivity contribution is 5.82. The second kappa shape index (κ2) is 5.65. The van der Waals surface area contributed by atoms with Crippen molar-refractivity contribution in [3.63, 3.8) is 0 Å². The van der Waals surface area contributed by atoms with E-state index in [1.165, 1.54) is 12.8 Å². The predicted molar refractivity (Wildman–Crippen MR) is 92.5 cm³/mol. The number of nitrogens with one attached hydrogen (secondary N) is 1. The average molecular weight is 337 g/mol. The number of aromatic nitrogens is 6. The van der Waals surface area contributed by atoms with Crippen LogP contribution in [0.1, 0.15) is 37.3 Å². The quantitative estimate of drug-likeness (QED) is 0.775. The van der Waals surface area contributed by atoms with Gasteiger partial charge in [-0.25, -0.2) is 19.6 Å². The van der Waals surface area contributed by atoms with Crippen molar-refractivity contribution in [3.05, 3.63) is 40.8 Å². The topological polar surface area (TPSA) is 92.6 Å². The van der Waals surface area contributed by atoms with E-state index in [0.29, 0.717) is 18.1 Å². The van der Waals surface area contributed by atoms with Crippen LogP contribution in [-0.2, 0) is 6.54 Å². The maximum Gasteiger partial charge on any atom is 0.266 e. The van der Waals surface area contributed by atoms with E-state index < -0.39 is 0 Å². The van der Waals surface area contributed by atoms with Gasteiger partial charge in [-0.15, -0.1) is 0 Å². The van der Waals surface area contributed by atoms with Crippen LogP contribution in [0.3, 0.4) is 0 Å². The molecule has 1 aliphatic heterocycles. The number of hydrogen-bond donors (Lipinski definition) is 1. The fraction of sp³-hybridized carbons (Fsp3) is 0.471. The van der Waals surface area contributed by atoms with Crippen molar-refractivity contribution in [1.82, 2.24) is 29.7 Å². The van der Waals surface area contributed by atoms with Crippen molar-refractivity contribution in [1.29, 1.82) is 0 Å². The van der Waals surface area contributed by atoms with Gasteiger partial charge in [0.1, 0.15) is 11.8 Å². The first-order chi connectivity index (χ1) is 12.3. The molecule has 0 spiro atoms. The second-order valence-electron chi connectivity index (χ2n) is 6.84. The summed E-state index contributed by atoms with van der Waals surface area (Å²) >= 11 is 0. The molecule has 4 heterocycles. The molecule has 0 amide bonds. The van der Waals surface area contributed by atoms with E-state index in [-0.39, 0.29) is 11.6 Å². The van der Waals surface area contributed by atoms with E-state index >= 15 is 0 Å². The summed E-state index contributed by atoms with van der Waals surface area (Å²) < 4.78 is 1.63. The van der Waals surface area contributed by atoms with Crippen molar-refractivity contribution in [2.24, 2.45) is 0 Å². The molecular formula is C17H19N7O. The van der Waals surface area contributed by atoms with Gasteiger partial charge in [-0.1, -0.05) is 0 Å². The minimum atomic E-state index is -0.0365. The van der Waals surface area contributed by atoms with Crippen LogP contribution >= 0.6 is 0 Å². The van der Waals surface area contributed by atoms with Crippen molar-refractivity contribution >= 4 is 17.0 Å². The lowest BCUT2D eigenvalue weighted by Crippen LogP contribution is -2.37. The molecule has 128 valence electrons. The molecule has 1 aliphatic carbocycles. The molecule has 25 heavy (non-hydrogen) atoms. The maximum atomic E-state index is 12.3. The summed E-state index contributed by atoms with van der Waals surface area (Å²) in [4.78, 5) is 30.5. The van der Waals surface area contributed by atoms with Crippen LogP contribution in [0.5, 0.6) is 0 Å². The summed E-state index contributed by atoms with van der Waals surface area (Å²) in [5.74, 6) is 1.40. The summed E-state index contributed by atoms with van der Waals surface area (Å²) in [6, 6.07) is 3.72. The number of nitrogens with zero attached hydrogens (tertiary/aromatic N) is 6. The number of rotatable bonds is 4. The first kappa shape index (κ1) is 14.6. The summed E-state index contributed by atoms with van der Waals surface area (Å²) in [7, 11) is 0. The molecule has 1 saturated carbocycles. The first-order valence-electron chi connectivity index (χ1n) is 8.78. The molecule has 8 heteroatoms. The Hall–Kier alpha value is -2.77. The lowest BCUT2D eigenvalue weighted by Gasteiger charge is -2.26. The Morgan fingerprint density at radius 1 is 1.16 bits per heavy atom. The molecule has 0 radical (unpaired) electrons. The molecule has 1 saturated heterocycles. The van der Waals surface area contributed by atoms with Crippen LogP contribution < -0.4 is 10.5 Å². The highest BCUT2D eigenvalue weighted by atomic mass is 16.1. The second-order valence-corrected chi connectivity index (χ2v) is 6.84. The SMILES string of the molecule is O=c1ccc(C2CC2)nn1CC1CCCN1c1ncnc2nc[nH]c12.